The number of amides is 1. The second kappa shape index (κ2) is 4.94. The summed E-state index contributed by atoms with van der Waals surface area (Å²) in [6, 6.07) is 0. The number of likely N-dealkylation sites (tertiary alicyclic amines) is 2. The molecule has 4 nitrogen and oxygen atoms in total. The quantitative estimate of drug-likeness (QED) is 0.697. The third kappa shape index (κ3) is 2.69. The van der Waals surface area contributed by atoms with Gasteiger partial charge in [0.15, 0.2) is 0 Å². The summed E-state index contributed by atoms with van der Waals surface area (Å²) in [5.74, 6) is 1.06. The maximum atomic E-state index is 11.7. The molecule has 86 valence electrons. The second-order valence-corrected chi connectivity index (χ2v) is 4.68. The molecule has 0 aliphatic carbocycles. The van der Waals surface area contributed by atoms with Crippen molar-refractivity contribution >= 4 is 5.91 Å². The van der Waals surface area contributed by atoms with Crippen molar-refractivity contribution in [3.63, 3.8) is 0 Å². The maximum absolute atomic E-state index is 11.7. The standard InChI is InChI=1S/C11H21N3O/c1-12-7-10-3-6-13(8-10)9-11(15)14-4-2-5-14/h10,12H,2-9H2,1H3. The van der Waals surface area contributed by atoms with Crippen molar-refractivity contribution in [1.82, 2.24) is 15.1 Å². The highest BCUT2D eigenvalue weighted by atomic mass is 16.2. The first-order valence-electron chi connectivity index (χ1n) is 5.94. The number of hydrogen-bond acceptors (Lipinski definition) is 3. The Morgan fingerprint density at radius 2 is 2.20 bits per heavy atom. The van der Waals surface area contributed by atoms with Crippen LogP contribution in [-0.2, 0) is 4.79 Å². The van der Waals surface area contributed by atoms with Crippen molar-refractivity contribution in [1.29, 1.82) is 0 Å². The highest BCUT2D eigenvalue weighted by Crippen LogP contribution is 2.16. The largest absolute Gasteiger partial charge is 0.341 e. The highest BCUT2D eigenvalue weighted by Gasteiger charge is 2.26. The zero-order chi connectivity index (χ0) is 10.7. The first kappa shape index (κ1) is 10.9. The van der Waals surface area contributed by atoms with Crippen LogP contribution in [0.2, 0.25) is 0 Å². The van der Waals surface area contributed by atoms with Gasteiger partial charge in [-0.05, 0) is 38.9 Å². The molecular formula is C11H21N3O. The van der Waals surface area contributed by atoms with Crippen molar-refractivity contribution in [3.8, 4) is 0 Å². The Labute approximate surface area is 91.6 Å². The van der Waals surface area contributed by atoms with Gasteiger partial charge >= 0.3 is 0 Å². The van der Waals surface area contributed by atoms with E-state index in [1.54, 1.807) is 0 Å². The van der Waals surface area contributed by atoms with E-state index in [4.69, 9.17) is 0 Å². The van der Waals surface area contributed by atoms with E-state index in [2.05, 4.69) is 10.2 Å². The molecule has 1 unspecified atom stereocenters. The SMILES string of the molecule is CNCC1CCN(CC(=O)N2CCC2)C1. The van der Waals surface area contributed by atoms with Gasteiger partial charge in [-0.1, -0.05) is 0 Å². The Balaban J connectivity index is 1.69. The van der Waals surface area contributed by atoms with Gasteiger partial charge in [-0.25, -0.2) is 0 Å². The summed E-state index contributed by atoms with van der Waals surface area (Å²) >= 11 is 0. The lowest BCUT2D eigenvalue weighted by atomic mass is 10.1. The van der Waals surface area contributed by atoms with Crippen molar-refractivity contribution in [2.75, 3.05) is 46.3 Å². The predicted octanol–water partition coefficient (Wildman–Crippen LogP) is -0.240. The van der Waals surface area contributed by atoms with Crippen LogP contribution in [0.4, 0.5) is 0 Å². The minimum Gasteiger partial charge on any atom is -0.341 e. The van der Waals surface area contributed by atoms with E-state index in [0.29, 0.717) is 12.5 Å². The Bertz CT molecular complexity index is 228. The molecule has 2 saturated heterocycles. The smallest absolute Gasteiger partial charge is 0.236 e. The topological polar surface area (TPSA) is 35.6 Å². The van der Waals surface area contributed by atoms with Gasteiger partial charge < -0.3 is 10.2 Å². The van der Waals surface area contributed by atoms with Crippen LogP contribution in [0.1, 0.15) is 12.8 Å². The number of carbonyl (C=O) groups excluding carboxylic acids is 1. The number of nitrogens with one attached hydrogen (secondary N) is 1. The summed E-state index contributed by atoms with van der Waals surface area (Å²) < 4.78 is 0. The molecule has 0 spiro atoms. The summed E-state index contributed by atoms with van der Waals surface area (Å²) in [7, 11) is 1.99. The fourth-order valence-corrected chi connectivity index (χ4v) is 2.37. The number of carbonyl (C=O) groups is 1. The average molecular weight is 211 g/mol. The fraction of sp³-hybridized carbons (Fsp3) is 0.909. The molecule has 2 aliphatic heterocycles. The molecule has 2 fully saturated rings. The lowest BCUT2D eigenvalue weighted by Crippen LogP contribution is -2.46. The van der Waals surface area contributed by atoms with Crippen LogP contribution in [0.25, 0.3) is 0 Å². The molecule has 4 heteroatoms. The van der Waals surface area contributed by atoms with Crippen LogP contribution in [0.5, 0.6) is 0 Å². The average Bonchev–Trinajstić information content (AvgIpc) is 2.49. The van der Waals surface area contributed by atoms with E-state index in [0.717, 1.165) is 38.6 Å². The van der Waals surface area contributed by atoms with Crippen LogP contribution in [0.3, 0.4) is 0 Å². The van der Waals surface area contributed by atoms with Gasteiger partial charge in [-0.3, -0.25) is 9.69 Å². The van der Waals surface area contributed by atoms with Gasteiger partial charge in [0.1, 0.15) is 0 Å². The lowest BCUT2D eigenvalue weighted by Gasteiger charge is -2.32. The number of nitrogens with zero attached hydrogens (tertiary/aromatic N) is 2. The van der Waals surface area contributed by atoms with E-state index >= 15 is 0 Å². The van der Waals surface area contributed by atoms with E-state index in [1.807, 2.05) is 11.9 Å². The Kier molecular flexibility index (Phi) is 3.59. The van der Waals surface area contributed by atoms with Gasteiger partial charge in [0.25, 0.3) is 0 Å². The molecule has 1 amide bonds. The minimum atomic E-state index is 0.325. The van der Waals surface area contributed by atoms with E-state index < -0.39 is 0 Å². The molecule has 0 bridgehead atoms. The van der Waals surface area contributed by atoms with E-state index in [-0.39, 0.29) is 0 Å². The predicted molar refractivity (Wildman–Crippen MR) is 59.7 cm³/mol. The van der Waals surface area contributed by atoms with Gasteiger partial charge in [0, 0.05) is 19.6 Å². The molecule has 2 heterocycles. The van der Waals surface area contributed by atoms with Crippen LogP contribution in [-0.4, -0.2) is 62.0 Å². The van der Waals surface area contributed by atoms with Gasteiger partial charge in [0.05, 0.1) is 6.54 Å². The van der Waals surface area contributed by atoms with Crippen LogP contribution in [0.15, 0.2) is 0 Å². The summed E-state index contributed by atoms with van der Waals surface area (Å²) in [5.41, 5.74) is 0. The van der Waals surface area contributed by atoms with Crippen molar-refractivity contribution < 1.29 is 4.79 Å². The Hall–Kier alpha value is -0.610. The molecule has 0 aromatic heterocycles. The summed E-state index contributed by atoms with van der Waals surface area (Å²) in [4.78, 5) is 16.0. The van der Waals surface area contributed by atoms with Crippen LogP contribution in [0, 0.1) is 5.92 Å². The van der Waals surface area contributed by atoms with Gasteiger partial charge in [0.2, 0.25) is 5.91 Å². The fourth-order valence-electron chi connectivity index (χ4n) is 2.37. The molecular weight excluding hydrogens is 190 g/mol. The summed E-state index contributed by atoms with van der Waals surface area (Å²) in [6.45, 7) is 5.85. The highest BCUT2D eigenvalue weighted by molar-refractivity contribution is 5.78. The first-order chi connectivity index (χ1) is 7.29. The molecule has 0 radical (unpaired) electrons. The zero-order valence-electron chi connectivity index (χ0n) is 9.54. The molecule has 15 heavy (non-hydrogen) atoms. The molecule has 1 N–H and O–H groups in total. The van der Waals surface area contributed by atoms with Gasteiger partial charge in [-0.2, -0.15) is 0 Å². The normalized spacial score (nSPS) is 26.7. The van der Waals surface area contributed by atoms with Crippen molar-refractivity contribution in [2.45, 2.75) is 12.8 Å². The molecule has 0 aromatic carbocycles. The van der Waals surface area contributed by atoms with Crippen molar-refractivity contribution in [3.05, 3.63) is 0 Å². The Morgan fingerprint density at radius 3 is 2.80 bits per heavy atom. The molecule has 0 aromatic rings. The second-order valence-electron chi connectivity index (χ2n) is 4.68. The lowest BCUT2D eigenvalue weighted by molar-refractivity contribution is -0.135. The summed E-state index contributed by atoms with van der Waals surface area (Å²) in [6.07, 6.45) is 2.42. The van der Waals surface area contributed by atoms with E-state index in [9.17, 15) is 4.79 Å². The number of rotatable bonds is 4. The van der Waals surface area contributed by atoms with Crippen LogP contribution < -0.4 is 5.32 Å². The number of hydrogen-bond donors (Lipinski definition) is 1. The zero-order valence-corrected chi connectivity index (χ0v) is 9.54. The maximum Gasteiger partial charge on any atom is 0.236 e. The molecule has 2 aliphatic rings. The Morgan fingerprint density at radius 1 is 1.40 bits per heavy atom. The minimum absolute atomic E-state index is 0.325. The van der Waals surface area contributed by atoms with Gasteiger partial charge in [-0.15, -0.1) is 0 Å². The molecule has 2 rings (SSSR count). The third-order valence-corrected chi connectivity index (χ3v) is 3.43. The molecule has 1 atom stereocenters. The van der Waals surface area contributed by atoms with Crippen LogP contribution >= 0.6 is 0 Å². The molecule has 0 saturated carbocycles. The van der Waals surface area contributed by atoms with Crippen molar-refractivity contribution in [2.24, 2.45) is 5.92 Å². The van der Waals surface area contributed by atoms with E-state index in [1.165, 1.54) is 12.8 Å². The summed E-state index contributed by atoms with van der Waals surface area (Å²) in [5, 5.41) is 3.21. The first-order valence-corrected chi connectivity index (χ1v) is 5.94. The monoisotopic (exact) mass is 211 g/mol. The third-order valence-electron chi connectivity index (χ3n) is 3.43.